The third-order valence-electron chi connectivity index (χ3n) is 5.56. The van der Waals surface area contributed by atoms with Crippen molar-refractivity contribution in [3.63, 3.8) is 0 Å². The quantitative estimate of drug-likeness (QED) is 0.761. The van der Waals surface area contributed by atoms with Crippen molar-refractivity contribution in [1.82, 2.24) is 10.2 Å². The van der Waals surface area contributed by atoms with Gasteiger partial charge in [0, 0.05) is 24.4 Å². The van der Waals surface area contributed by atoms with Crippen LogP contribution in [-0.4, -0.2) is 46.0 Å². The van der Waals surface area contributed by atoms with Crippen molar-refractivity contribution in [3.05, 3.63) is 35.9 Å². The Morgan fingerprint density at radius 1 is 1.15 bits per heavy atom. The highest BCUT2D eigenvalue weighted by molar-refractivity contribution is 5.96. The van der Waals surface area contributed by atoms with E-state index in [2.05, 4.69) is 5.32 Å². The number of nitrogens with one attached hydrogen (secondary N) is 1. The molecule has 1 saturated heterocycles. The van der Waals surface area contributed by atoms with Crippen LogP contribution in [0.4, 0.5) is 4.79 Å². The fraction of sp³-hybridized carbons (Fsp3) is 0.526. The Kier molecular flexibility index (Phi) is 5.27. The summed E-state index contributed by atoms with van der Waals surface area (Å²) in [5, 5.41) is 11.7. The van der Waals surface area contributed by atoms with Gasteiger partial charge < -0.3 is 21.1 Å². The number of rotatable bonds is 4. The molecule has 0 aromatic heterocycles. The van der Waals surface area contributed by atoms with E-state index < -0.39 is 17.8 Å². The zero-order chi connectivity index (χ0) is 18.7. The first-order valence-electron chi connectivity index (χ1n) is 9.10. The number of hydrogen-bond acceptors (Lipinski definition) is 4. The summed E-state index contributed by atoms with van der Waals surface area (Å²) in [5.74, 6) is -0.388. The third kappa shape index (κ3) is 3.58. The first-order chi connectivity index (χ1) is 12.4. The van der Waals surface area contributed by atoms with Gasteiger partial charge in [0.05, 0.1) is 6.17 Å². The largest absolute Gasteiger partial charge is 0.465 e. The molecule has 140 valence electrons. The van der Waals surface area contributed by atoms with Crippen LogP contribution in [0, 0.1) is 5.92 Å². The predicted molar refractivity (Wildman–Crippen MR) is 95.5 cm³/mol. The number of hydrogen-bond donors (Lipinski definition) is 3. The zero-order valence-electron chi connectivity index (χ0n) is 14.7. The van der Waals surface area contributed by atoms with E-state index in [-0.39, 0.29) is 37.0 Å². The lowest BCUT2D eigenvalue weighted by atomic mass is 9.76. The van der Waals surface area contributed by atoms with Crippen molar-refractivity contribution in [3.8, 4) is 0 Å². The lowest BCUT2D eigenvalue weighted by Crippen LogP contribution is -2.66. The Hall–Kier alpha value is -2.41. The number of carbonyl (C=O) groups is 3. The summed E-state index contributed by atoms with van der Waals surface area (Å²) >= 11 is 0. The highest BCUT2D eigenvalue weighted by Gasteiger charge is 2.49. The number of amides is 2. The zero-order valence-corrected chi connectivity index (χ0v) is 14.7. The summed E-state index contributed by atoms with van der Waals surface area (Å²) in [4.78, 5) is 38.6. The Balaban J connectivity index is 1.79. The second-order valence-electron chi connectivity index (χ2n) is 7.24. The molecule has 2 aliphatic rings. The molecule has 7 heteroatoms. The standard InChI is InChI=1S/C19H25N3O4/c20-15-12-19(21-18(25)26,16(23)13-6-4-5-7-13)10-11-22(15)17(24)14-8-2-1-3-9-14/h1-3,8-9,13,15,21H,4-7,10-12,20H2,(H,25,26). The average molecular weight is 359 g/mol. The second kappa shape index (κ2) is 7.45. The number of carbonyl (C=O) groups excluding carboxylic acids is 2. The molecule has 3 rings (SSSR count). The van der Waals surface area contributed by atoms with Gasteiger partial charge in [0.25, 0.3) is 5.91 Å². The van der Waals surface area contributed by atoms with Gasteiger partial charge in [-0.15, -0.1) is 0 Å². The van der Waals surface area contributed by atoms with Crippen molar-refractivity contribution < 1.29 is 19.5 Å². The van der Waals surface area contributed by atoms with E-state index >= 15 is 0 Å². The van der Waals surface area contributed by atoms with Crippen LogP contribution in [0.5, 0.6) is 0 Å². The summed E-state index contributed by atoms with van der Waals surface area (Å²) in [5.41, 5.74) is 5.56. The summed E-state index contributed by atoms with van der Waals surface area (Å²) in [6, 6.07) is 8.83. The molecule has 2 unspecified atom stereocenters. The molecule has 0 radical (unpaired) electrons. The van der Waals surface area contributed by atoms with Gasteiger partial charge in [-0.05, 0) is 31.4 Å². The summed E-state index contributed by atoms with van der Waals surface area (Å²) in [7, 11) is 0. The van der Waals surface area contributed by atoms with Crippen LogP contribution in [0.15, 0.2) is 30.3 Å². The Labute approximate surface area is 152 Å². The Morgan fingerprint density at radius 3 is 2.38 bits per heavy atom. The van der Waals surface area contributed by atoms with Crippen LogP contribution in [-0.2, 0) is 4.79 Å². The number of benzene rings is 1. The maximum Gasteiger partial charge on any atom is 0.405 e. The van der Waals surface area contributed by atoms with E-state index in [4.69, 9.17) is 5.73 Å². The molecule has 0 spiro atoms. The molecular weight excluding hydrogens is 334 g/mol. The highest BCUT2D eigenvalue weighted by Crippen LogP contribution is 2.35. The molecule has 4 N–H and O–H groups in total. The first-order valence-corrected chi connectivity index (χ1v) is 9.10. The lowest BCUT2D eigenvalue weighted by molar-refractivity contribution is -0.131. The first kappa shape index (κ1) is 18.4. The van der Waals surface area contributed by atoms with Crippen LogP contribution in [0.3, 0.4) is 0 Å². The molecule has 26 heavy (non-hydrogen) atoms. The van der Waals surface area contributed by atoms with E-state index in [9.17, 15) is 19.5 Å². The molecule has 1 aromatic carbocycles. The molecule has 1 saturated carbocycles. The minimum absolute atomic E-state index is 0.0698. The molecule has 1 aliphatic carbocycles. The van der Waals surface area contributed by atoms with Crippen LogP contribution in [0.2, 0.25) is 0 Å². The Bertz CT molecular complexity index is 687. The number of ketones is 1. The van der Waals surface area contributed by atoms with E-state index in [0.29, 0.717) is 5.56 Å². The highest BCUT2D eigenvalue weighted by atomic mass is 16.4. The monoisotopic (exact) mass is 359 g/mol. The molecule has 2 atom stereocenters. The van der Waals surface area contributed by atoms with E-state index in [1.807, 2.05) is 6.07 Å². The van der Waals surface area contributed by atoms with Gasteiger partial charge in [0.15, 0.2) is 5.78 Å². The van der Waals surface area contributed by atoms with E-state index in [0.717, 1.165) is 25.7 Å². The Morgan fingerprint density at radius 2 is 1.81 bits per heavy atom. The van der Waals surface area contributed by atoms with Gasteiger partial charge in [0.1, 0.15) is 5.54 Å². The number of Topliss-reactive ketones (excluding diaryl/α,β-unsaturated/α-hetero) is 1. The van der Waals surface area contributed by atoms with Crippen molar-refractivity contribution >= 4 is 17.8 Å². The molecule has 2 amide bonds. The smallest absolute Gasteiger partial charge is 0.405 e. The van der Waals surface area contributed by atoms with E-state index in [1.165, 1.54) is 4.90 Å². The van der Waals surface area contributed by atoms with Crippen molar-refractivity contribution in [1.29, 1.82) is 0 Å². The van der Waals surface area contributed by atoms with Gasteiger partial charge in [-0.1, -0.05) is 31.0 Å². The SMILES string of the molecule is NC1CC(NC(=O)O)(C(=O)C2CCCC2)CCN1C(=O)c1ccccc1. The van der Waals surface area contributed by atoms with Gasteiger partial charge in [-0.2, -0.15) is 0 Å². The predicted octanol–water partition coefficient (Wildman–Crippen LogP) is 1.97. The lowest BCUT2D eigenvalue weighted by Gasteiger charge is -2.45. The fourth-order valence-electron chi connectivity index (χ4n) is 4.23. The van der Waals surface area contributed by atoms with Crippen molar-refractivity contribution in [2.24, 2.45) is 11.7 Å². The van der Waals surface area contributed by atoms with Crippen LogP contribution >= 0.6 is 0 Å². The molecule has 7 nitrogen and oxygen atoms in total. The minimum atomic E-state index is -1.23. The maximum atomic E-state index is 13.1. The van der Waals surface area contributed by atoms with Crippen molar-refractivity contribution in [2.45, 2.75) is 50.2 Å². The van der Waals surface area contributed by atoms with Crippen molar-refractivity contribution in [2.75, 3.05) is 6.54 Å². The molecule has 2 fully saturated rings. The van der Waals surface area contributed by atoms with Crippen LogP contribution in [0.25, 0.3) is 0 Å². The molecule has 1 aliphatic heterocycles. The maximum absolute atomic E-state index is 13.1. The summed E-state index contributed by atoms with van der Waals surface area (Å²) in [6.07, 6.45) is 1.98. The number of likely N-dealkylation sites (tertiary alicyclic amines) is 1. The molecule has 1 aromatic rings. The molecule has 0 bridgehead atoms. The van der Waals surface area contributed by atoms with Gasteiger partial charge >= 0.3 is 6.09 Å². The minimum Gasteiger partial charge on any atom is -0.465 e. The number of nitrogens with two attached hydrogens (primary N) is 1. The summed E-state index contributed by atoms with van der Waals surface area (Å²) in [6.45, 7) is 0.244. The normalized spacial score (nSPS) is 26.5. The molecular formula is C19H25N3O4. The molecule has 1 heterocycles. The van der Waals surface area contributed by atoms with Crippen LogP contribution < -0.4 is 11.1 Å². The van der Waals surface area contributed by atoms with Crippen LogP contribution in [0.1, 0.15) is 48.9 Å². The number of piperidine rings is 1. The van der Waals surface area contributed by atoms with Gasteiger partial charge in [-0.3, -0.25) is 9.59 Å². The van der Waals surface area contributed by atoms with Gasteiger partial charge in [0.2, 0.25) is 0 Å². The topological polar surface area (TPSA) is 113 Å². The summed E-state index contributed by atoms with van der Waals surface area (Å²) < 4.78 is 0. The van der Waals surface area contributed by atoms with Gasteiger partial charge in [-0.25, -0.2) is 4.79 Å². The average Bonchev–Trinajstić information content (AvgIpc) is 3.15. The van der Waals surface area contributed by atoms with E-state index in [1.54, 1.807) is 24.3 Å². The third-order valence-corrected chi connectivity index (χ3v) is 5.56. The second-order valence-corrected chi connectivity index (χ2v) is 7.24. The fourth-order valence-corrected chi connectivity index (χ4v) is 4.23. The number of nitrogens with zero attached hydrogens (tertiary/aromatic N) is 1. The number of carboxylic acid groups (broad SMARTS) is 1.